The van der Waals surface area contributed by atoms with E-state index in [9.17, 15) is 4.39 Å². The Kier molecular flexibility index (Phi) is 2.88. The molecule has 0 atom stereocenters. The molecule has 0 bridgehead atoms. The molecule has 1 aromatic rings. The second-order valence-corrected chi connectivity index (χ2v) is 7.75. The molecule has 1 aromatic carbocycles. The fourth-order valence-electron chi connectivity index (χ4n) is 3.03. The smallest absolute Gasteiger partial charge is 0.130 e. The van der Waals surface area contributed by atoms with E-state index in [0.717, 1.165) is 24.0 Å². The summed E-state index contributed by atoms with van der Waals surface area (Å²) in [5.41, 5.74) is 1.83. The normalized spacial score (nSPS) is 18.8. The van der Waals surface area contributed by atoms with Crippen molar-refractivity contribution in [3.63, 3.8) is 0 Å². The first kappa shape index (κ1) is 13.6. The summed E-state index contributed by atoms with van der Waals surface area (Å²) in [5.74, 6) is 0.0254. The first-order chi connectivity index (χ1) is 8.09. The number of rotatable bonds is 1. The third-order valence-corrected chi connectivity index (χ3v) is 4.51. The molecular weight excluding hydrogens is 223 g/mol. The van der Waals surface area contributed by atoms with E-state index in [0.29, 0.717) is 0 Å². The summed E-state index contributed by atoms with van der Waals surface area (Å²) in [7, 11) is 0. The maximum atomic E-state index is 14.8. The fraction of sp³-hybridized carbons (Fsp3) is 0.647. The van der Waals surface area contributed by atoms with Crippen LogP contribution in [-0.2, 0) is 10.8 Å². The van der Waals surface area contributed by atoms with Gasteiger partial charge in [0.1, 0.15) is 5.82 Å². The first-order valence-corrected chi connectivity index (χ1v) is 6.89. The maximum absolute atomic E-state index is 14.8. The zero-order valence-electron chi connectivity index (χ0n) is 12.5. The van der Waals surface area contributed by atoms with Gasteiger partial charge in [0.15, 0.2) is 0 Å². The van der Waals surface area contributed by atoms with Crippen molar-refractivity contribution in [1.29, 1.82) is 0 Å². The van der Waals surface area contributed by atoms with Gasteiger partial charge in [0.05, 0.1) is 0 Å². The van der Waals surface area contributed by atoms with Gasteiger partial charge in [0.25, 0.3) is 0 Å². The van der Waals surface area contributed by atoms with Gasteiger partial charge in [-0.2, -0.15) is 0 Å². The predicted molar refractivity (Wildman–Crippen MR) is 75.5 cm³/mol. The fourth-order valence-corrected chi connectivity index (χ4v) is 3.03. The van der Waals surface area contributed by atoms with E-state index in [1.54, 1.807) is 0 Å². The highest BCUT2D eigenvalue weighted by Gasteiger charge is 2.54. The summed E-state index contributed by atoms with van der Waals surface area (Å²) in [4.78, 5) is 0. The Bertz CT molecular complexity index is 453. The van der Waals surface area contributed by atoms with Crippen LogP contribution in [0.3, 0.4) is 0 Å². The van der Waals surface area contributed by atoms with Crippen molar-refractivity contribution in [1.82, 2.24) is 0 Å². The second kappa shape index (κ2) is 3.82. The Morgan fingerprint density at radius 2 is 1.56 bits per heavy atom. The second-order valence-electron chi connectivity index (χ2n) is 7.75. The van der Waals surface area contributed by atoms with Crippen molar-refractivity contribution in [2.75, 3.05) is 0 Å². The van der Waals surface area contributed by atoms with Crippen molar-refractivity contribution >= 4 is 0 Å². The van der Waals surface area contributed by atoms with Crippen LogP contribution in [0.2, 0.25) is 0 Å². The lowest BCUT2D eigenvalue weighted by atomic mass is 9.71. The standard InChI is InChI=1S/C17H25F/c1-15(2,3)12-8-7-9-13(14(12)18)17(10-11-17)16(4,5)6/h7-9H,10-11H2,1-6H3. The Morgan fingerprint density at radius 3 is 1.94 bits per heavy atom. The van der Waals surface area contributed by atoms with E-state index in [4.69, 9.17) is 0 Å². The quantitative estimate of drug-likeness (QED) is 0.640. The van der Waals surface area contributed by atoms with Crippen LogP contribution in [0.5, 0.6) is 0 Å². The summed E-state index contributed by atoms with van der Waals surface area (Å²) in [6.07, 6.45) is 2.22. The molecule has 0 amide bonds. The molecule has 0 N–H and O–H groups in total. The largest absolute Gasteiger partial charge is 0.206 e. The molecule has 0 nitrogen and oxygen atoms in total. The summed E-state index contributed by atoms with van der Waals surface area (Å²) < 4.78 is 14.8. The highest BCUT2D eigenvalue weighted by molar-refractivity contribution is 5.40. The molecule has 100 valence electrons. The van der Waals surface area contributed by atoms with Gasteiger partial charge in [-0.05, 0) is 34.8 Å². The average molecular weight is 248 g/mol. The zero-order chi connectivity index (χ0) is 13.8. The number of hydrogen-bond donors (Lipinski definition) is 0. The van der Waals surface area contributed by atoms with Gasteiger partial charge in [0.2, 0.25) is 0 Å². The van der Waals surface area contributed by atoms with Crippen LogP contribution in [-0.4, -0.2) is 0 Å². The van der Waals surface area contributed by atoms with Crippen LogP contribution in [0.1, 0.15) is 65.5 Å². The van der Waals surface area contributed by atoms with Gasteiger partial charge >= 0.3 is 0 Å². The van der Waals surface area contributed by atoms with Gasteiger partial charge < -0.3 is 0 Å². The van der Waals surface area contributed by atoms with Crippen molar-refractivity contribution < 1.29 is 4.39 Å². The van der Waals surface area contributed by atoms with Gasteiger partial charge in [-0.15, -0.1) is 0 Å². The molecular formula is C17H25F. The first-order valence-electron chi connectivity index (χ1n) is 6.89. The molecule has 0 saturated heterocycles. The van der Waals surface area contributed by atoms with Crippen LogP contribution in [0.25, 0.3) is 0 Å². The van der Waals surface area contributed by atoms with Crippen molar-refractivity contribution in [3.05, 3.63) is 35.1 Å². The van der Waals surface area contributed by atoms with Gasteiger partial charge in [0, 0.05) is 5.41 Å². The van der Waals surface area contributed by atoms with Crippen molar-refractivity contribution in [2.24, 2.45) is 5.41 Å². The van der Waals surface area contributed by atoms with E-state index in [1.807, 2.05) is 18.2 Å². The van der Waals surface area contributed by atoms with Crippen LogP contribution in [0, 0.1) is 11.2 Å². The molecule has 0 aliphatic heterocycles. The van der Waals surface area contributed by atoms with Crippen molar-refractivity contribution in [3.8, 4) is 0 Å². The predicted octanol–water partition coefficient (Wildman–Crippen LogP) is 5.20. The number of benzene rings is 1. The van der Waals surface area contributed by atoms with Crippen LogP contribution in [0.4, 0.5) is 4.39 Å². The topological polar surface area (TPSA) is 0 Å². The van der Waals surface area contributed by atoms with E-state index >= 15 is 0 Å². The molecule has 0 aromatic heterocycles. The maximum Gasteiger partial charge on any atom is 0.130 e. The lowest BCUT2D eigenvalue weighted by molar-refractivity contribution is 0.290. The van der Waals surface area contributed by atoms with Crippen LogP contribution >= 0.6 is 0 Å². The SMILES string of the molecule is CC(C)(C)c1cccc(C2(C(C)(C)C)CC2)c1F. The highest BCUT2D eigenvalue weighted by Crippen LogP contribution is 2.60. The molecule has 0 heterocycles. The van der Waals surface area contributed by atoms with Gasteiger partial charge in [-0.25, -0.2) is 4.39 Å². The third-order valence-electron chi connectivity index (χ3n) is 4.51. The highest BCUT2D eigenvalue weighted by atomic mass is 19.1. The molecule has 0 unspecified atom stereocenters. The molecule has 1 aliphatic rings. The molecule has 0 radical (unpaired) electrons. The summed E-state index contributed by atoms with van der Waals surface area (Å²) >= 11 is 0. The number of hydrogen-bond acceptors (Lipinski definition) is 0. The van der Waals surface area contributed by atoms with E-state index in [-0.39, 0.29) is 22.1 Å². The van der Waals surface area contributed by atoms with Crippen LogP contribution < -0.4 is 0 Å². The van der Waals surface area contributed by atoms with Gasteiger partial charge in [-0.3, -0.25) is 0 Å². The Balaban J connectivity index is 2.55. The van der Waals surface area contributed by atoms with E-state index < -0.39 is 0 Å². The lowest BCUT2D eigenvalue weighted by Gasteiger charge is -2.33. The summed E-state index contributed by atoms with van der Waals surface area (Å²) in [5, 5.41) is 0. The summed E-state index contributed by atoms with van der Waals surface area (Å²) in [6, 6.07) is 5.94. The molecule has 2 rings (SSSR count). The molecule has 0 spiro atoms. The minimum absolute atomic E-state index is 0.0254. The molecule has 1 heteroatoms. The Labute approximate surface area is 111 Å². The summed E-state index contributed by atoms with van der Waals surface area (Å²) in [6.45, 7) is 12.9. The van der Waals surface area contributed by atoms with Crippen LogP contribution in [0.15, 0.2) is 18.2 Å². The molecule has 1 saturated carbocycles. The van der Waals surface area contributed by atoms with E-state index in [1.165, 1.54) is 0 Å². The molecule has 1 aliphatic carbocycles. The Hall–Kier alpha value is -0.850. The minimum Gasteiger partial charge on any atom is -0.206 e. The Morgan fingerprint density at radius 1 is 1.00 bits per heavy atom. The molecule has 18 heavy (non-hydrogen) atoms. The monoisotopic (exact) mass is 248 g/mol. The minimum atomic E-state index is -0.131. The van der Waals surface area contributed by atoms with E-state index in [2.05, 4.69) is 41.5 Å². The van der Waals surface area contributed by atoms with Gasteiger partial charge in [-0.1, -0.05) is 59.7 Å². The molecule has 1 fully saturated rings. The number of halogens is 1. The lowest BCUT2D eigenvalue weighted by Crippen LogP contribution is -2.28. The van der Waals surface area contributed by atoms with Crippen molar-refractivity contribution in [2.45, 2.75) is 65.2 Å². The third kappa shape index (κ3) is 1.98. The average Bonchev–Trinajstić information content (AvgIpc) is 2.95. The zero-order valence-corrected chi connectivity index (χ0v) is 12.5.